The average Bonchev–Trinajstić information content (AvgIpc) is 2.00. The Balaban J connectivity index is 2.65. The van der Waals surface area contributed by atoms with Gasteiger partial charge in [0.25, 0.3) is 0 Å². The monoisotopic (exact) mass is 198 g/mol. The molecule has 1 saturated carbocycles. The van der Waals surface area contributed by atoms with Crippen molar-refractivity contribution in [3.8, 4) is 0 Å². The fourth-order valence-corrected chi connectivity index (χ4v) is 2.54. The van der Waals surface area contributed by atoms with E-state index in [1.54, 1.807) is 0 Å². The highest BCUT2D eigenvalue weighted by Crippen LogP contribution is 2.38. The quantitative estimate of drug-likeness (QED) is 0.734. The largest absolute Gasteiger partial charge is 0.329 e. The molecule has 0 aromatic heterocycles. The lowest BCUT2D eigenvalue weighted by atomic mass is 9.74. The van der Waals surface area contributed by atoms with Crippen LogP contribution >= 0.6 is 0 Å². The maximum Gasteiger partial charge on any atom is 0.0334 e. The second kappa shape index (κ2) is 4.63. The number of nitrogens with two attached hydrogens (primary N) is 1. The van der Waals surface area contributed by atoms with Crippen molar-refractivity contribution >= 4 is 0 Å². The summed E-state index contributed by atoms with van der Waals surface area (Å²) < 4.78 is 0. The Bertz CT molecular complexity index is 166. The average molecular weight is 198 g/mol. The number of nitrogens with zero attached hydrogens (tertiary/aromatic N) is 1. The van der Waals surface area contributed by atoms with Crippen LogP contribution in [0.4, 0.5) is 0 Å². The fourth-order valence-electron chi connectivity index (χ4n) is 2.54. The molecule has 0 radical (unpaired) electrons. The molecule has 1 rings (SSSR count). The molecule has 2 heteroatoms. The zero-order valence-electron chi connectivity index (χ0n) is 10.2. The van der Waals surface area contributed by atoms with Crippen LogP contribution in [0.3, 0.4) is 0 Å². The van der Waals surface area contributed by atoms with Gasteiger partial charge in [-0.3, -0.25) is 4.90 Å². The molecule has 0 aromatic carbocycles. The van der Waals surface area contributed by atoms with Crippen LogP contribution in [0, 0.1) is 5.92 Å². The molecule has 0 aliphatic heterocycles. The predicted octanol–water partition coefficient (Wildman–Crippen LogP) is 2.23. The molecule has 0 spiro atoms. The van der Waals surface area contributed by atoms with Gasteiger partial charge in [-0.05, 0) is 39.0 Å². The first-order chi connectivity index (χ1) is 6.52. The second-order valence-electron chi connectivity index (χ2n) is 5.42. The lowest BCUT2D eigenvalue weighted by Gasteiger charge is -2.52. The molecule has 84 valence electrons. The van der Waals surface area contributed by atoms with Crippen molar-refractivity contribution in [1.29, 1.82) is 0 Å². The van der Waals surface area contributed by atoms with E-state index in [9.17, 15) is 0 Å². The summed E-state index contributed by atoms with van der Waals surface area (Å²) in [5.41, 5.74) is 6.29. The van der Waals surface area contributed by atoms with Gasteiger partial charge >= 0.3 is 0 Å². The minimum Gasteiger partial charge on any atom is -0.329 e. The van der Waals surface area contributed by atoms with Crippen LogP contribution in [0.25, 0.3) is 0 Å². The van der Waals surface area contributed by atoms with Crippen LogP contribution in [0.5, 0.6) is 0 Å². The normalized spacial score (nSPS) is 20.6. The summed E-state index contributed by atoms with van der Waals surface area (Å²) in [6.45, 7) is 11.2. The lowest BCUT2D eigenvalue weighted by molar-refractivity contribution is -0.00906. The minimum absolute atomic E-state index is 0.346. The van der Waals surface area contributed by atoms with Gasteiger partial charge in [0, 0.05) is 24.7 Å². The summed E-state index contributed by atoms with van der Waals surface area (Å²) in [6.07, 6.45) is 3.96. The van der Waals surface area contributed by atoms with E-state index >= 15 is 0 Å². The summed E-state index contributed by atoms with van der Waals surface area (Å²) in [7, 11) is 0. The topological polar surface area (TPSA) is 29.3 Å². The molecule has 0 heterocycles. The van der Waals surface area contributed by atoms with Gasteiger partial charge in [0.05, 0.1) is 0 Å². The van der Waals surface area contributed by atoms with Gasteiger partial charge in [0.1, 0.15) is 0 Å². The molecule has 1 aliphatic rings. The third kappa shape index (κ3) is 2.29. The summed E-state index contributed by atoms with van der Waals surface area (Å²) in [4.78, 5) is 2.63. The Kier molecular flexibility index (Phi) is 3.96. The molecule has 0 amide bonds. The van der Waals surface area contributed by atoms with E-state index in [0.29, 0.717) is 11.6 Å². The van der Waals surface area contributed by atoms with Gasteiger partial charge in [0.2, 0.25) is 0 Å². The number of hydrogen-bond acceptors (Lipinski definition) is 2. The summed E-state index contributed by atoms with van der Waals surface area (Å²) in [6, 6.07) is 0.626. The van der Waals surface area contributed by atoms with Gasteiger partial charge in [-0.2, -0.15) is 0 Å². The lowest BCUT2D eigenvalue weighted by Crippen LogP contribution is -2.61. The van der Waals surface area contributed by atoms with E-state index in [-0.39, 0.29) is 0 Å². The van der Waals surface area contributed by atoms with E-state index < -0.39 is 0 Å². The van der Waals surface area contributed by atoms with Crippen LogP contribution < -0.4 is 5.73 Å². The molecule has 0 unspecified atom stereocenters. The zero-order chi connectivity index (χ0) is 10.8. The molecule has 1 aliphatic carbocycles. The highest BCUT2D eigenvalue weighted by Gasteiger charge is 2.42. The molecule has 2 N–H and O–H groups in total. The Morgan fingerprint density at radius 2 is 1.79 bits per heavy atom. The van der Waals surface area contributed by atoms with Crippen molar-refractivity contribution in [2.75, 3.05) is 13.1 Å². The predicted molar refractivity (Wildman–Crippen MR) is 62.3 cm³/mol. The van der Waals surface area contributed by atoms with Gasteiger partial charge in [0.15, 0.2) is 0 Å². The second-order valence-corrected chi connectivity index (χ2v) is 5.42. The highest BCUT2D eigenvalue weighted by atomic mass is 15.2. The van der Waals surface area contributed by atoms with Gasteiger partial charge in [-0.25, -0.2) is 0 Å². The fraction of sp³-hybridized carbons (Fsp3) is 1.00. The third-order valence-electron chi connectivity index (χ3n) is 3.46. The van der Waals surface area contributed by atoms with Crippen molar-refractivity contribution in [2.24, 2.45) is 11.7 Å². The summed E-state index contributed by atoms with van der Waals surface area (Å²) in [5.74, 6) is 0.737. The van der Waals surface area contributed by atoms with Crippen molar-refractivity contribution in [3.63, 3.8) is 0 Å². The minimum atomic E-state index is 0.346. The van der Waals surface area contributed by atoms with Gasteiger partial charge < -0.3 is 5.73 Å². The van der Waals surface area contributed by atoms with Gasteiger partial charge in [-0.15, -0.1) is 0 Å². The Hall–Kier alpha value is -0.0800. The Labute approximate surface area is 88.8 Å². The standard InChI is InChI=1S/C12H26N2/c1-10(2)8-14(11(3)4)12(9-13)6-5-7-12/h10-11H,5-9,13H2,1-4H3. The molecule has 14 heavy (non-hydrogen) atoms. The molecule has 2 nitrogen and oxygen atoms in total. The van der Waals surface area contributed by atoms with Crippen LogP contribution in [-0.2, 0) is 0 Å². The first-order valence-electron chi connectivity index (χ1n) is 5.98. The van der Waals surface area contributed by atoms with Crippen LogP contribution in [-0.4, -0.2) is 29.6 Å². The van der Waals surface area contributed by atoms with E-state index in [1.165, 1.54) is 25.8 Å². The molecule has 1 fully saturated rings. The van der Waals surface area contributed by atoms with Crippen molar-refractivity contribution in [1.82, 2.24) is 4.90 Å². The maximum absolute atomic E-state index is 5.94. The Morgan fingerprint density at radius 3 is 2.00 bits per heavy atom. The van der Waals surface area contributed by atoms with Crippen LogP contribution in [0.15, 0.2) is 0 Å². The SMILES string of the molecule is CC(C)CN(C(C)C)C1(CN)CCC1. The number of rotatable bonds is 5. The smallest absolute Gasteiger partial charge is 0.0334 e. The molecular formula is C12H26N2. The molecular weight excluding hydrogens is 172 g/mol. The summed E-state index contributed by atoms with van der Waals surface area (Å²) in [5, 5.41) is 0. The maximum atomic E-state index is 5.94. The summed E-state index contributed by atoms with van der Waals surface area (Å²) >= 11 is 0. The molecule has 0 bridgehead atoms. The van der Waals surface area contributed by atoms with Crippen molar-refractivity contribution in [3.05, 3.63) is 0 Å². The van der Waals surface area contributed by atoms with Crippen LogP contribution in [0.1, 0.15) is 47.0 Å². The van der Waals surface area contributed by atoms with E-state index in [2.05, 4.69) is 32.6 Å². The highest BCUT2D eigenvalue weighted by molar-refractivity contribution is 5.00. The van der Waals surface area contributed by atoms with Gasteiger partial charge in [-0.1, -0.05) is 13.8 Å². The molecule has 0 aromatic rings. The van der Waals surface area contributed by atoms with Crippen molar-refractivity contribution < 1.29 is 0 Å². The zero-order valence-corrected chi connectivity index (χ0v) is 10.2. The first kappa shape index (κ1) is 12.0. The Morgan fingerprint density at radius 1 is 1.21 bits per heavy atom. The first-order valence-corrected chi connectivity index (χ1v) is 5.98. The van der Waals surface area contributed by atoms with E-state index in [0.717, 1.165) is 12.5 Å². The third-order valence-corrected chi connectivity index (χ3v) is 3.46. The molecule has 0 saturated heterocycles. The number of hydrogen-bond donors (Lipinski definition) is 1. The van der Waals surface area contributed by atoms with Crippen molar-refractivity contribution in [2.45, 2.75) is 58.5 Å². The van der Waals surface area contributed by atoms with Crippen LogP contribution in [0.2, 0.25) is 0 Å². The van der Waals surface area contributed by atoms with E-state index in [4.69, 9.17) is 5.73 Å². The van der Waals surface area contributed by atoms with E-state index in [1.807, 2.05) is 0 Å². The molecule has 0 atom stereocenters.